The Morgan fingerprint density at radius 2 is 1.95 bits per heavy atom. The van der Waals surface area contributed by atoms with E-state index in [2.05, 4.69) is 0 Å². The Morgan fingerprint density at radius 1 is 1.32 bits per heavy atom. The summed E-state index contributed by atoms with van der Waals surface area (Å²) < 4.78 is 5.08. The predicted molar refractivity (Wildman–Crippen MR) is 69.2 cm³/mol. The first kappa shape index (κ1) is 13.4. The molecule has 0 saturated carbocycles. The predicted octanol–water partition coefficient (Wildman–Crippen LogP) is 1.48. The second-order valence-corrected chi connectivity index (χ2v) is 4.66. The minimum Gasteiger partial charge on any atom is -0.497 e. The fourth-order valence-electron chi connectivity index (χ4n) is 2.65. The molecule has 0 spiro atoms. The third-order valence-corrected chi connectivity index (χ3v) is 3.60. The molecule has 1 N–H and O–H groups in total. The average Bonchev–Trinajstić information content (AvgIpc) is 2.83. The number of benzene rings is 1. The number of rotatable bonds is 3. The highest BCUT2D eigenvalue weighted by Gasteiger charge is 2.41. The zero-order valence-electron chi connectivity index (χ0n) is 11.0. The molecule has 1 aliphatic rings. The molecule has 1 heterocycles. The molecule has 1 aromatic rings. The zero-order valence-corrected chi connectivity index (χ0v) is 11.0. The van der Waals surface area contributed by atoms with Crippen molar-refractivity contribution in [3.8, 4) is 5.75 Å². The second-order valence-electron chi connectivity index (χ2n) is 4.66. The van der Waals surface area contributed by atoms with Crippen molar-refractivity contribution in [1.82, 2.24) is 4.90 Å². The quantitative estimate of drug-likeness (QED) is 0.897. The number of methoxy groups -OCH3 is 1. The maximum Gasteiger partial charge on any atom is 0.327 e. The standard InChI is InChI=1S/C14H17NO4/c1-9(16)15-8-7-12(13(15)14(17)18)10-3-5-11(19-2)6-4-10/h3-6,12-13H,7-8H2,1-2H3,(H,17,18). The number of carboxylic acid groups (broad SMARTS) is 1. The zero-order chi connectivity index (χ0) is 14.0. The summed E-state index contributed by atoms with van der Waals surface area (Å²) in [5.41, 5.74) is 0.928. The van der Waals surface area contributed by atoms with Crippen LogP contribution in [0.15, 0.2) is 24.3 Å². The van der Waals surface area contributed by atoms with Gasteiger partial charge in [-0.15, -0.1) is 0 Å². The largest absolute Gasteiger partial charge is 0.497 e. The van der Waals surface area contributed by atoms with Crippen molar-refractivity contribution in [2.45, 2.75) is 25.3 Å². The van der Waals surface area contributed by atoms with E-state index in [0.717, 1.165) is 11.3 Å². The maximum absolute atomic E-state index is 11.5. The molecule has 2 atom stereocenters. The molecule has 0 bridgehead atoms. The van der Waals surface area contributed by atoms with E-state index in [1.807, 2.05) is 24.3 Å². The van der Waals surface area contributed by atoms with Crippen LogP contribution in [0.25, 0.3) is 0 Å². The molecule has 1 fully saturated rings. The van der Waals surface area contributed by atoms with Crippen LogP contribution < -0.4 is 4.74 Å². The van der Waals surface area contributed by atoms with Gasteiger partial charge in [-0.05, 0) is 24.1 Å². The van der Waals surface area contributed by atoms with Crippen LogP contribution >= 0.6 is 0 Å². The molecular weight excluding hydrogens is 246 g/mol. The summed E-state index contributed by atoms with van der Waals surface area (Å²) in [4.78, 5) is 24.3. The van der Waals surface area contributed by atoms with Crippen molar-refractivity contribution in [2.24, 2.45) is 0 Å². The van der Waals surface area contributed by atoms with E-state index in [1.54, 1.807) is 7.11 Å². The molecular formula is C14H17NO4. The fourth-order valence-corrected chi connectivity index (χ4v) is 2.65. The van der Waals surface area contributed by atoms with Crippen molar-refractivity contribution in [2.75, 3.05) is 13.7 Å². The number of carboxylic acids is 1. The lowest BCUT2D eigenvalue weighted by molar-refractivity contribution is -0.147. The molecule has 2 rings (SSSR count). The van der Waals surface area contributed by atoms with E-state index in [-0.39, 0.29) is 11.8 Å². The number of amides is 1. The van der Waals surface area contributed by atoms with Gasteiger partial charge in [0.15, 0.2) is 0 Å². The number of aliphatic carboxylic acids is 1. The van der Waals surface area contributed by atoms with Gasteiger partial charge in [-0.2, -0.15) is 0 Å². The minimum atomic E-state index is -0.950. The summed E-state index contributed by atoms with van der Waals surface area (Å²) in [5.74, 6) is -0.568. The molecule has 1 aromatic carbocycles. The molecule has 19 heavy (non-hydrogen) atoms. The average molecular weight is 263 g/mol. The SMILES string of the molecule is COc1ccc(C2CCN(C(C)=O)C2C(=O)O)cc1. The van der Waals surface area contributed by atoms with Gasteiger partial charge in [0.1, 0.15) is 11.8 Å². The molecule has 0 radical (unpaired) electrons. The van der Waals surface area contributed by atoms with Crippen LogP contribution in [-0.4, -0.2) is 41.6 Å². The molecule has 2 unspecified atom stereocenters. The molecule has 1 aliphatic heterocycles. The topological polar surface area (TPSA) is 66.8 Å². The highest BCUT2D eigenvalue weighted by molar-refractivity contribution is 5.84. The maximum atomic E-state index is 11.5. The lowest BCUT2D eigenvalue weighted by Gasteiger charge is -2.23. The first-order chi connectivity index (χ1) is 9.04. The lowest BCUT2D eigenvalue weighted by atomic mass is 9.91. The van der Waals surface area contributed by atoms with Crippen LogP contribution in [0.3, 0.4) is 0 Å². The number of nitrogens with zero attached hydrogens (tertiary/aromatic N) is 1. The Bertz CT molecular complexity index is 483. The van der Waals surface area contributed by atoms with Gasteiger partial charge in [0.2, 0.25) is 5.91 Å². The van der Waals surface area contributed by atoms with Gasteiger partial charge in [-0.3, -0.25) is 4.79 Å². The first-order valence-electron chi connectivity index (χ1n) is 6.18. The molecule has 0 aromatic heterocycles. The highest BCUT2D eigenvalue weighted by atomic mass is 16.5. The lowest BCUT2D eigenvalue weighted by Crippen LogP contribution is -2.41. The van der Waals surface area contributed by atoms with Crippen molar-refractivity contribution < 1.29 is 19.4 Å². The van der Waals surface area contributed by atoms with Gasteiger partial charge in [-0.1, -0.05) is 12.1 Å². The molecule has 0 aliphatic carbocycles. The molecule has 5 nitrogen and oxygen atoms in total. The third kappa shape index (κ3) is 2.54. The third-order valence-electron chi connectivity index (χ3n) is 3.60. The highest BCUT2D eigenvalue weighted by Crippen LogP contribution is 2.34. The Labute approximate surface area is 111 Å². The Kier molecular flexibility index (Phi) is 3.74. The van der Waals surface area contributed by atoms with Gasteiger partial charge in [-0.25, -0.2) is 4.79 Å². The normalized spacial score (nSPS) is 22.3. The molecule has 5 heteroatoms. The van der Waals surface area contributed by atoms with Crippen LogP contribution in [0, 0.1) is 0 Å². The van der Waals surface area contributed by atoms with Crippen molar-refractivity contribution >= 4 is 11.9 Å². The Morgan fingerprint density at radius 3 is 2.42 bits per heavy atom. The van der Waals surface area contributed by atoms with Crippen LogP contribution in [-0.2, 0) is 9.59 Å². The smallest absolute Gasteiger partial charge is 0.327 e. The Balaban J connectivity index is 2.27. The molecule has 1 amide bonds. The van der Waals surface area contributed by atoms with Crippen molar-refractivity contribution in [1.29, 1.82) is 0 Å². The van der Waals surface area contributed by atoms with Gasteiger partial charge >= 0.3 is 5.97 Å². The summed E-state index contributed by atoms with van der Waals surface area (Å²) >= 11 is 0. The van der Waals surface area contributed by atoms with Gasteiger partial charge in [0, 0.05) is 19.4 Å². The number of carbonyl (C=O) groups excluding carboxylic acids is 1. The van der Waals surface area contributed by atoms with E-state index in [9.17, 15) is 14.7 Å². The molecule has 1 saturated heterocycles. The van der Waals surface area contributed by atoms with E-state index >= 15 is 0 Å². The first-order valence-corrected chi connectivity index (χ1v) is 6.18. The van der Waals surface area contributed by atoms with Crippen LogP contribution in [0.2, 0.25) is 0 Å². The fraction of sp³-hybridized carbons (Fsp3) is 0.429. The van der Waals surface area contributed by atoms with E-state index in [1.165, 1.54) is 11.8 Å². The summed E-state index contributed by atoms with van der Waals surface area (Å²) in [5, 5.41) is 9.35. The summed E-state index contributed by atoms with van der Waals surface area (Å²) in [6.45, 7) is 1.90. The van der Waals surface area contributed by atoms with Crippen LogP contribution in [0.1, 0.15) is 24.8 Å². The van der Waals surface area contributed by atoms with E-state index in [4.69, 9.17) is 4.74 Å². The monoisotopic (exact) mass is 263 g/mol. The van der Waals surface area contributed by atoms with Gasteiger partial charge in [0.25, 0.3) is 0 Å². The number of likely N-dealkylation sites (tertiary alicyclic amines) is 1. The summed E-state index contributed by atoms with van der Waals surface area (Å²) in [7, 11) is 1.59. The summed E-state index contributed by atoms with van der Waals surface area (Å²) in [6.07, 6.45) is 0.670. The molecule has 102 valence electrons. The number of hydrogen-bond acceptors (Lipinski definition) is 3. The Hall–Kier alpha value is -2.04. The minimum absolute atomic E-state index is 0.160. The van der Waals surface area contributed by atoms with Gasteiger partial charge in [0.05, 0.1) is 7.11 Å². The van der Waals surface area contributed by atoms with E-state index < -0.39 is 12.0 Å². The van der Waals surface area contributed by atoms with Crippen molar-refractivity contribution in [3.05, 3.63) is 29.8 Å². The van der Waals surface area contributed by atoms with Crippen LogP contribution in [0.5, 0.6) is 5.75 Å². The van der Waals surface area contributed by atoms with Crippen molar-refractivity contribution in [3.63, 3.8) is 0 Å². The van der Waals surface area contributed by atoms with Crippen LogP contribution in [0.4, 0.5) is 0 Å². The van der Waals surface area contributed by atoms with E-state index in [0.29, 0.717) is 13.0 Å². The number of hydrogen-bond donors (Lipinski definition) is 1. The summed E-state index contributed by atoms with van der Waals surface area (Å²) in [6, 6.07) is 6.58. The number of ether oxygens (including phenoxy) is 1. The second kappa shape index (κ2) is 5.30. The van der Waals surface area contributed by atoms with Gasteiger partial charge < -0.3 is 14.7 Å². The number of carbonyl (C=O) groups is 2.